The normalized spacial score (nSPS) is 11.0. The minimum Gasteiger partial charge on any atom is -0.311 e. The van der Waals surface area contributed by atoms with Crippen molar-refractivity contribution in [2.75, 3.05) is 6.54 Å². The average Bonchev–Trinajstić information content (AvgIpc) is 2.98. The van der Waals surface area contributed by atoms with Gasteiger partial charge < -0.3 is 5.32 Å². The topological polar surface area (TPSA) is 42.7 Å². The van der Waals surface area contributed by atoms with Crippen LogP contribution in [-0.4, -0.2) is 21.3 Å². The lowest BCUT2D eigenvalue weighted by Crippen LogP contribution is -2.13. The summed E-state index contributed by atoms with van der Waals surface area (Å²) in [5, 5.41) is 10.9. The Kier molecular flexibility index (Phi) is 4.90. The first-order valence-corrected chi connectivity index (χ1v) is 7.39. The lowest BCUT2D eigenvalue weighted by atomic mass is 10.4. The van der Waals surface area contributed by atoms with Crippen molar-refractivity contribution < 1.29 is 0 Å². The zero-order chi connectivity index (χ0) is 12.8. The molecule has 2 rings (SSSR count). The van der Waals surface area contributed by atoms with Gasteiger partial charge in [-0.15, -0.1) is 11.3 Å². The standard InChI is InChI=1S/C13H20N4S/c1-3-5-14-8-12-10-18-13(16-12)11-7-15-17(9-11)6-4-2/h7,9-10,14H,3-6,8H2,1-2H3. The maximum absolute atomic E-state index is 4.63. The summed E-state index contributed by atoms with van der Waals surface area (Å²) in [6.07, 6.45) is 6.23. The van der Waals surface area contributed by atoms with E-state index in [0.717, 1.165) is 48.7 Å². The smallest absolute Gasteiger partial charge is 0.126 e. The van der Waals surface area contributed by atoms with E-state index in [0.29, 0.717) is 0 Å². The lowest BCUT2D eigenvalue weighted by Gasteiger charge is -1.98. The number of hydrogen-bond acceptors (Lipinski definition) is 4. The fraction of sp³-hybridized carbons (Fsp3) is 0.538. The molecule has 98 valence electrons. The molecule has 2 aromatic rings. The molecule has 0 aliphatic rings. The zero-order valence-electron chi connectivity index (χ0n) is 11.0. The van der Waals surface area contributed by atoms with Crippen molar-refractivity contribution in [3.8, 4) is 10.6 Å². The third-order valence-electron chi connectivity index (χ3n) is 2.62. The Morgan fingerprint density at radius 1 is 1.33 bits per heavy atom. The van der Waals surface area contributed by atoms with Gasteiger partial charge in [-0.1, -0.05) is 13.8 Å². The quantitative estimate of drug-likeness (QED) is 0.782. The van der Waals surface area contributed by atoms with E-state index in [9.17, 15) is 0 Å². The third-order valence-corrected chi connectivity index (χ3v) is 3.56. The fourth-order valence-electron chi connectivity index (χ4n) is 1.74. The van der Waals surface area contributed by atoms with E-state index in [1.54, 1.807) is 11.3 Å². The molecule has 2 heterocycles. The maximum atomic E-state index is 4.63. The highest BCUT2D eigenvalue weighted by molar-refractivity contribution is 7.13. The molecule has 5 heteroatoms. The van der Waals surface area contributed by atoms with Crippen LogP contribution in [-0.2, 0) is 13.1 Å². The van der Waals surface area contributed by atoms with Crippen LogP contribution in [0, 0.1) is 0 Å². The molecular formula is C13H20N4S. The number of hydrogen-bond donors (Lipinski definition) is 1. The molecule has 2 aromatic heterocycles. The Morgan fingerprint density at radius 2 is 2.22 bits per heavy atom. The molecule has 0 bridgehead atoms. The molecule has 0 unspecified atom stereocenters. The summed E-state index contributed by atoms with van der Waals surface area (Å²) in [5.41, 5.74) is 2.24. The highest BCUT2D eigenvalue weighted by Crippen LogP contribution is 2.23. The molecular weight excluding hydrogens is 244 g/mol. The van der Waals surface area contributed by atoms with Gasteiger partial charge in [0, 0.05) is 30.2 Å². The van der Waals surface area contributed by atoms with Crippen LogP contribution in [0.3, 0.4) is 0 Å². The summed E-state index contributed by atoms with van der Waals surface area (Å²) in [4.78, 5) is 4.63. The van der Waals surface area contributed by atoms with Crippen LogP contribution >= 0.6 is 11.3 Å². The molecule has 0 atom stereocenters. The van der Waals surface area contributed by atoms with E-state index in [1.807, 2.05) is 10.9 Å². The van der Waals surface area contributed by atoms with E-state index in [1.165, 1.54) is 0 Å². The summed E-state index contributed by atoms with van der Waals surface area (Å²) >= 11 is 1.69. The molecule has 0 amide bonds. The highest BCUT2D eigenvalue weighted by Gasteiger charge is 2.06. The Balaban J connectivity index is 1.99. The zero-order valence-corrected chi connectivity index (χ0v) is 11.8. The van der Waals surface area contributed by atoms with Gasteiger partial charge in [0.1, 0.15) is 5.01 Å². The van der Waals surface area contributed by atoms with Crippen molar-refractivity contribution in [2.24, 2.45) is 0 Å². The fourth-order valence-corrected chi connectivity index (χ4v) is 2.53. The molecule has 18 heavy (non-hydrogen) atoms. The molecule has 0 fully saturated rings. The van der Waals surface area contributed by atoms with E-state index < -0.39 is 0 Å². The van der Waals surface area contributed by atoms with Crippen molar-refractivity contribution in [1.29, 1.82) is 0 Å². The largest absolute Gasteiger partial charge is 0.311 e. The summed E-state index contributed by atoms with van der Waals surface area (Å²) in [7, 11) is 0. The number of thiazole rings is 1. The van der Waals surface area contributed by atoms with Gasteiger partial charge in [-0.2, -0.15) is 5.10 Å². The first-order chi connectivity index (χ1) is 8.83. The van der Waals surface area contributed by atoms with Gasteiger partial charge in [-0.05, 0) is 19.4 Å². The molecule has 0 saturated heterocycles. The van der Waals surface area contributed by atoms with E-state index >= 15 is 0 Å². The molecule has 0 radical (unpaired) electrons. The predicted molar refractivity (Wildman–Crippen MR) is 75.6 cm³/mol. The van der Waals surface area contributed by atoms with Crippen LogP contribution in [0.4, 0.5) is 0 Å². The number of nitrogens with zero attached hydrogens (tertiary/aromatic N) is 3. The number of aryl methyl sites for hydroxylation is 1. The van der Waals surface area contributed by atoms with Gasteiger partial charge in [0.15, 0.2) is 0 Å². The van der Waals surface area contributed by atoms with Crippen LogP contribution in [0.1, 0.15) is 32.4 Å². The van der Waals surface area contributed by atoms with Crippen LogP contribution in [0.25, 0.3) is 10.6 Å². The van der Waals surface area contributed by atoms with Gasteiger partial charge in [-0.25, -0.2) is 4.98 Å². The van der Waals surface area contributed by atoms with E-state index in [4.69, 9.17) is 0 Å². The van der Waals surface area contributed by atoms with Crippen molar-refractivity contribution in [3.05, 3.63) is 23.5 Å². The van der Waals surface area contributed by atoms with E-state index in [-0.39, 0.29) is 0 Å². The Morgan fingerprint density at radius 3 is 3.00 bits per heavy atom. The van der Waals surface area contributed by atoms with Crippen LogP contribution in [0.2, 0.25) is 0 Å². The van der Waals surface area contributed by atoms with Crippen LogP contribution in [0.15, 0.2) is 17.8 Å². The Hall–Kier alpha value is -1.20. The number of aromatic nitrogens is 3. The Labute approximate surface area is 112 Å². The van der Waals surface area contributed by atoms with Gasteiger partial charge >= 0.3 is 0 Å². The SMILES string of the molecule is CCCNCc1csc(-c2cnn(CCC)c2)n1. The second-order valence-corrected chi connectivity index (χ2v) is 5.17. The molecule has 0 aromatic carbocycles. The minimum atomic E-state index is 0.855. The van der Waals surface area contributed by atoms with Gasteiger partial charge in [0.05, 0.1) is 11.9 Å². The molecule has 0 aliphatic carbocycles. The first kappa shape index (κ1) is 13.2. The lowest BCUT2D eigenvalue weighted by molar-refractivity contribution is 0.603. The summed E-state index contributed by atoms with van der Waals surface area (Å²) in [6.45, 7) is 7.19. The number of nitrogens with one attached hydrogen (secondary N) is 1. The van der Waals surface area contributed by atoms with Gasteiger partial charge in [0.25, 0.3) is 0 Å². The second-order valence-electron chi connectivity index (χ2n) is 4.31. The molecule has 1 N–H and O–H groups in total. The van der Waals surface area contributed by atoms with Gasteiger partial charge in [0.2, 0.25) is 0 Å². The molecule has 0 spiro atoms. The molecule has 0 aliphatic heterocycles. The Bertz CT molecular complexity index is 475. The maximum Gasteiger partial charge on any atom is 0.126 e. The molecule has 4 nitrogen and oxygen atoms in total. The van der Waals surface area contributed by atoms with Crippen molar-refractivity contribution >= 4 is 11.3 Å². The molecule has 0 saturated carbocycles. The van der Waals surface area contributed by atoms with E-state index in [2.05, 4.69) is 40.8 Å². The monoisotopic (exact) mass is 264 g/mol. The van der Waals surface area contributed by atoms with Crippen molar-refractivity contribution in [1.82, 2.24) is 20.1 Å². The van der Waals surface area contributed by atoms with Crippen LogP contribution < -0.4 is 5.32 Å². The average molecular weight is 264 g/mol. The second kappa shape index (κ2) is 6.66. The predicted octanol–water partition coefficient (Wildman–Crippen LogP) is 2.92. The highest BCUT2D eigenvalue weighted by atomic mass is 32.1. The summed E-state index contributed by atoms with van der Waals surface area (Å²) in [6, 6.07) is 0. The third kappa shape index (κ3) is 3.40. The number of rotatable bonds is 7. The van der Waals surface area contributed by atoms with Crippen molar-refractivity contribution in [3.63, 3.8) is 0 Å². The first-order valence-electron chi connectivity index (χ1n) is 6.51. The summed E-state index contributed by atoms with van der Waals surface area (Å²) < 4.78 is 1.98. The van der Waals surface area contributed by atoms with Crippen LogP contribution in [0.5, 0.6) is 0 Å². The minimum absolute atomic E-state index is 0.855. The van der Waals surface area contributed by atoms with Crippen molar-refractivity contribution in [2.45, 2.75) is 39.8 Å². The van der Waals surface area contributed by atoms with Gasteiger partial charge in [-0.3, -0.25) is 4.68 Å². The summed E-state index contributed by atoms with van der Waals surface area (Å²) in [5.74, 6) is 0.